The van der Waals surface area contributed by atoms with Gasteiger partial charge in [-0.1, -0.05) is 48.0 Å². The summed E-state index contributed by atoms with van der Waals surface area (Å²) in [6.07, 6.45) is 2.03. The molecule has 1 N–H and O–H groups in total. The molecule has 6 rings (SSSR count). The number of para-hydroxylation sites is 1. The van der Waals surface area contributed by atoms with Gasteiger partial charge < -0.3 is 14.8 Å². The van der Waals surface area contributed by atoms with E-state index in [1.54, 1.807) is 12.1 Å². The monoisotopic (exact) mass is 491 g/mol. The summed E-state index contributed by atoms with van der Waals surface area (Å²) in [7, 11) is 0. The zero-order valence-electron chi connectivity index (χ0n) is 20.6. The molecule has 5 aromatic rings. The van der Waals surface area contributed by atoms with Gasteiger partial charge in [0.2, 0.25) is 0 Å². The van der Waals surface area contributed by atoms with Crippen molar-refractivity contribution in [3.05, 3.63) is 131 Å². The number of anilines is 1. The fourth-order valence-corrected chi connectivity index (χ4v) is 5.07. The maximum atomic E-state index is 13.9. The maximum absolute atomic E-state index is 13.9. The molecule has 0 radical (unpaired) electrons. The minimum Gasteiger partial charge on any atom is -0.308 e. The number of benzene rings is 3. The summed E-state index contributed by atoms with van der Waals surface area (Å²) in [4.78, 5) is 15.7. The zero-order valence-corrected chi connectivity index (χ0v) is 20.6. The Hall–Kier alpha value is -4.65. The molecular weight excluding hydrogens is 465 g/mol. The van der Waals surface area contributed by atoms with Crippen molar-refractivity contribution in [3.63, 3.8) is 0 Å². The van der Waals surface area contributed by atoms with Crippen LogP contribution in [-0.2, 0) is 6.54 Å². The van der Waals surface area contributed by atoms with E-state index in [0.717, 1.165) is 39.6 Å². The van der Waals surface area contributed by atoms with Crippen LogP contribution in [0.3, 0.4) is 0 Å². The van der Waals surface area contributed by atoms with Crippen LogP contribution in [-0.4, -0.2) is 25.3 Å². The molecule has 1 atom stereocenters. The van der Waals surface area contributed by atoms with Gasteiger partial charge in [-0.3, -0.25) is 0 Å². The lowest BCUT2D eigenvalue weighted by atomic mass is 10.00. The van der Waals surface area contributed by atoms with Crippen molar-refractivity contribution in [1.82, 2.24) is 19.2 Å². The first-order valence-corrected chi connectivity index (χ1v) is 12.2. The van der Waals surface area contributed by atoms with Gasteiger partial charge in [0.05, 0.1) is 29.7 Å². The third kappa shape index (κ3) is 4.08. The third-order valence-electron chi connectivity index (χ3n) is 6.80. The molecule has 0 saturated heterocycles. The van der Waals surface area contributed by atoms with E-state index < -0.39 is 0 Å². The summed E-state index contributed by atoms with van der Waals surface area (Å²) in [6.45, 7) is 4.38. The lowest BCUT2D eigenvalue weighted by molar-refractivity contribution is 0.194. The van der Waals surface area contributed by atoms with Crippen molar-refractivity contribution in [1.29, 1.82) is 0 Å². The van der Waals surface area contributed by atoms with E-state index in [-0.39, 0.29) is 17.9 Å². The molecule has 2 amide bonds. The van der Waals surface area contributed by atoms with Gasteiger partial charge >= 0.3 is 6.03 Å². The molecule has 1 aliphatic rings. The van der Waals surface area contributed by atoms with Gasteiger partial charge in [0.1, 0.15) is 11.6 Å². The van der Waals surface area contributed by atoms with Gasteiger partial charge in [-0.05, 0) is 67.9 Å². The van der Waals surface area contributed by atoms with Gasteiger partial charge in [-0.25, -0.2) is 13.9 Å². The SMILES string of the molecule is Cc1cccc([C@H]2c3cccn3-c3c(c(C)nn3-c3ccccc3)CN2C(=O)Nc2ccc(F)cc2)c1. The number of fused-ring (bicyclic) bond motifs is 3. The highest BCUT2D eigenvalue weighted by atomic mass is 19.1. The number of carbonyl (C=O) groups is 1. The molecule has 184 valence electrons. The lowest BCUT2D eigenvalue weighted by Gasteiger charge is -2.31. The van der Waals surface area contributed by atoms with Crippen molar-refractivity contribution >= 4 is 11.7 Å². The zero-order chi connectivity index (χ0) is 25.5. The summed E-state index contributed by atoms with van der Waals surface area (Å²) in [5.74, 6) is 0.565. The first-order valence-electron chi connectivity index (χ1n) is 12.2. The van der Waals surface area contributed by atoms with Gasteiger partial charge in [0.25, 0.3) is 0 Å². The summed E-state index contributed by atoms with van der Waals surface area (Å²) >= 11 is 0. The molecule has 0 aliphatic carbocycles. The average Bonchev–Trinajstić information content (AvgIpc) is 3.46. The van der Waals surface area contributed by atoms with E-state index in [1.165, 1.54) is 12.1 Å². The number of aryl methyl sites for hydroxylation is 2. The van der Waals surface area contributed by atoms with E-state index in [4.69, 9.17) is 5.10 Å². The van der Waals surface area contributed by atoms with Crippen molar-refractivity contribution < 1.29 is 9.18 Å². The summed E-state index contributed by atoms with van der Waals surface area (Å²) in [6, 6.07) is 27.5. The van der Waals surface area contributed by atoms with Gasteiger partial charge in [-0.15, -0.1) is 0 Å². The molecule has 37 heavy (non-hydrogen) atoms. The Kier molecular flexibility index (Phi) is 5.60. The van der Waals surface area contributed by atoms with Crippen LogP contribution in [0.1, 0.15) is 34.1 Å². The minimum atomic E-state index is -0.355. The highest BCUT2D eigenvalue weighted by Crippen LogP contribution is 2.39. The van der Waals surface area contributed by atoms with Crippen LogP contribution in [0.15, 0.2) is 97.2 Å². The number of hydrogen-bond donors (Lipinski definition) is 1. The first-order chi connectivity index (χ1) is 18.0. The van der Waals surface area contributed by atoms with E-state index in [0.29, 0.717) is 12.2 Å². The largest absolute Gasteiger partial charge is 0.322 e. The lowest BCUT2D eigenvalue weighted by Crippen LogP contribution is -2.38. The van der Waals surface area contributed by atoms with Crippen LogP contribution in [0.25, 0.3) is 11.5 Å². The molecule has 0 spiro atoms. The van der Waals surface area contributed by atoms with Crippen LogP contribution in [0.4, 0.5) is 14.9 Å². The number of aromatic nitrogens is 3. The van der Waals surface area contributed by atoms with E-state index in [1.807, 2.05) is 78.2 Å². The highest BCUT2D eigenvalue weighted by Gasteiger charge is 2.36. The molecule has 0 saturated carbocycles. The van der Waals surface area contributed by atoms with E-state index >= 15 is 0 Å². The molecule has 7 heteroatoms. The fraction of sp³-hybridized carbons (Fsp3) is 0.133. The smallest absolute Gasteiger partial charge is 0.308 e. The summed E-state index contributed by atoms with van der Waals surface area (Å²) in [5.41, 5.74) is 6.37. The van der Waals surface area contributed by atoms with Crippen molar-refractivity contribution in [2.45, 2.75) is 26.4 Å². The summed E-state index contributed by atoms with van der Waals surface area (Å²) < 4.78 is 17.6. The molecule has 0 bridgehead atoms. The number of nitrogens with zero attached hydrogens (tertiary/aromatic N) is 4. The first kappa shape index (κ1) is 22.8. The molecular formula is C30H26FN5O. The average molecular weight is 492 g/mol. The topological polar surface area (TPSA) is 55.1 Å². The Morgan fingerprint density at radius 3 is 2.49 bits per heavy atom. The van der Waals surface area contributed by atoms with E-state index in [9.17, 15) is 9.18 Å². The number of nitrogens with one attached hydrogen (secondary N) is 1. The van der Waals surface area contributed by atoms with Crippen molar-refractivity contribution in [3.8, 4) is 11.5 Å². The number of hydrogen-bond acceptors (Lipinski definition) is 2. The second-order valence-electron chi connectivity index (χ2n) is 9.32. The maximum Gasteiger partial charge on any atom is 0.322 e. The van der Waals surface area contributed by atoms with Crippen LogP contribution in [0, 0.1) is 19.7 Å². The Morgan fingerprint density at radius 2 is 1.73 bits per heavy atom. The fourth-order valence-electron chi connectivity index (χ4n) is 5.07. The molecule has 0 unspecified atom stereocenters. The number of halogens is 1. The molecule has 2 aromatic heterocycles. The van der Waals surface area contributed by atoms with Crippen molar-refractivity contribution in [2.24, 2.45) is 0 Å². The Labute approximate surface area is 214 Å². The molecule has 6 nitrogen and oxygen atoms in total. The van der Waals surface area contributed by atoms with Crippen LogP contribution < -0.4 is 5.32 Å². The van der Waals surface area contributed by atoms with Gasteiger partial charge in [0.15, 0.2) is 0 Å². The molecule has 0 fully saturated rings. The van der Waals surface area contributed by atoms with Crippen LogP contribution in [0.2, 0.25) is 0 Å². The Morgan fingerprint density at radius 1 is 0.946 bits per heavy atom. The predicted molar refractivity (Wildman–Crippen MR) is 142 cm³/mol. The van der Waals surface area contributed by atoms with Crippen LogP contribution in [0.5, 0.6) is 0 Å². The van der Waals surface area contributed by atoms with Gasteiger partial charge in [-0.2, -0.15) is 5.10 Å². The molecule has 3 aromatic carbocycles. The Balaban J connectivity index is 1.53. The highest BCUT2D eigenvalue weighted by molar-refractivity contribution is 5.90. The molecule has 1 aliphatic heterocycles. The second-order valence-corrected chi connectivity index (χ2v) is 9.32. The normalized spacial score (nSPS) is 14.6. The molecule has 3 heterocycles. The standard InChI is InChI=1S/C30H26FN5O/c1-20-8-6-9-22(18-20)28-27-12-7-17-34(27)29-26(21(2)33-36(29)25-10-4-3-5-11-25)19-35(28)30(37)32-24-15-13-23(31)14-16-24/h3-18,28H,19H2,1-2H3,(H,32,37)/t28-/m0/s1. The van der Waals surface area contributed by atoms with Gasteiger partial charge in [0, 0.05) is 17.4 Å². The number of rotatable bonds is 3. The summed E-state index contributed by atoms with van der Waals surface area (Å²) in [5, 5.41) is 7.85. The predicted octanol–water partition coefficient (Wildman–Crippen LogP) is 6.56. The number of carbonyl (C=O) groups excluding carboxylic acids is 1. The number of urea groups is 1. The van der Waals surface area contributed by atoms with Crippen LogP contribution >= 0.6 is 0 Å². The number of amides is 2. The van der Waals surface area contributed by atoms with Crippen molar-refractivity contribution in [2.75, 3.05) is 5.32 Å². The Bertz CT molecular complexity index is 1590. The second kappa shape index (κ2) is 9.09. The quantitative estimate of drug-likeness (QED) is 0.311. The minimum absolute atomic E-state index is 0.273. The van der Waals surface area contributed by atoms with E-state index in [2.05, 4.69) is 28.1 Å². The third-order valence-corrected chi connectivity index (χ3v) is 6.80.